The van der Waals surface area contributed by atoms with Crippen LogP contribution in [0.3, 0.4) is 0 Å². The lowest BCUT2D eigenvalue weighted by molar-refractivity contribution is 0.266. The first-order valence-electron chi connectivity index (χ1n) is 7.12. The minimum Gasteiger partial charge on any atom is -0.399 e. The number of likely N-dealkylation sites (N-methyl/N-ethyl adjacent to an activating group) is 1. The van der Waals surface area contributed by atoms with Crippen molar-refractivity contribution in [3.63, 3.8) is 0 Å². The Morgan fingerprint density at radius 3 is 2.70 bits per heavy atom. The maximum absolute atomic E-state index is 5.81. The van der Waals surface area contributed by atoms with Crippen molar-refractivity contribution in [1.29, 1.82) is 0 Å². The number of hydrogen-bond acceptors (Lipinski definition) is 4. The van der Waals surface area contributed by atoms with Gasteiger partial charge in [0.05, 0.1) is 5.52 Å². The molecule has 1 saturated heterocycles. The van der Waals surface area contributed by atoms with E-state index in [1.54, 1.807) is 0 Å². The second-order valence-electron chi connectivity index (χ2n) is 6.03. The van der Waals surface area contributed by atoms with E-state index >= 15 is 0 Å². The SMILES string of the molecule is CC1CN(c2ccc3cc(N)ccc3n2)CC1N(C)C. The summed E-state index contributed by atoms with van der Waals surface area (Å²) in [7, 11) is 4.31. The molecule has 3 rings (SSSR count). The predicted octanol–water partition coefficient (Wildman–Crippen LogP) is 2.20. The number of anilines is 2. The van der Waals surface area contributed by atoms with E-state index in [4.69, 9.17) is 10.7 Å². The average Bonchev–Trinajstić information content (AvgIpc) is 2.80. The van der Waals surface area contributed by atoms with Crippen LogP contribution in [0.1, 0.15) is 6.92 Å². The molecular formula is C16H22N4. The van der Waals surface area contributed by atoms with Crippen LogP contribution in [-0.4, -0.2) is 43.1 Å². The molecule has 106 valence electrons. The van der Waals surface area contributed by atoms with Crippen LogP contribution in [0.2, 0.25) is 0 Å². The molecule has 1 fully saturated rings. The van der Waals surface area contributed by atoms with Crippen molar-refractivity contribution in [1.82, 2.24) is 9.88 Å². The molecule has 0 aliphatic carbocycles. The van der Waals surface area contributed by atoms with Gasteiger partial charge in [0.25, 0.3) is 0 Å². The molecule has 4 nitrogen and oxygen atoms in total. The number of rotatable bonds is 2. The van der Waals surface area contributed by atoms with Gasteiger partial charge in [-0.15, -0.1) is 0 Å². The summed E-state index contributed by atoms with van der Waals surface area (Å²) in [6.45, 7) is 4.42. The molecule has 0 spiro atoms. The molecule has 2 atom stereocenters. The van der Waals surface area contributed by atoms with Crippen LogP contribution in [-0.2, 0) is 0 Å². The van der Waals surface area contributed by atoms with Gasteiger partial charge in [-0.3, -0.25) is 0 Å². The fourth-order valence-corrected chi connectivity index (χ4v) is 3.12. The summed E-state index contributed by atoms with van der Waals surface area (Å²) in [4.78, 5) is 9.47. The Bertz CT molecular complexity index is 623. The fraction of sp³-hybridized carbons (Fsp3) is 0.438. The van der Waals surface area contributed by atoms with Crippen LogP contribution in [0.4, 0.5) is 11.5 Å². The van der Waals surface area contributed by atoms with E-state index in [0.29, 0.717) is 12.0 Å². The number of benzene rings is 1. The first-order valence-corrected chi connectivity index (χ1v) is 7.12. The highest BCUT2D eigenvalue weighted by atomic mass is 15.3. The number of pyridine rings is 1. The summed E-state index contributed by atoms with van der Waals surface area (Å²) in [6, 6.07) is 10.7. The van der Waals surface area contributed by atoms with Gasteiger partial charge in [0.15, 0.2) is 0 Å². The Hall–Kier alpha value is -1.81. The van der Waals surface area contributed by atoms with Gasteiger partial charge in [0.2, 0.25) is 0 Å². The van der Waals surface area contributed by atoms with Crippen molar-refractivity contribution in [2.45, 2.75) is 13.0 Å². The molecule has 2 unspecified atom stereocenters. The molecule has 2 heterocycles. The molecule has 1 aromatic heterocycles. The molecular weight excluding hydrogens is 248 g/mol. The Labute approximate surface area is 120 Å². The lowest BCUT2D eigenvalue weighted by Gasteiger charge is -2.22. The second kappa shape index (κ2) is 4.94. The van der Waals surface area contributed by atoms with Crippen molar-refractivity contribution < 1.29 is 0 Å². The molecule has 20 heavy (non-hydrogen) atoms. The van der Waals surface area contributed by atoms with E-state index < -0.39 is 0 Å². The van der Waals surface area contributed by atoms with Gasteiger partial charge in [0, 0.05) is 30.2 Å². The maximum atomic E-state index is 5.81. The first kappa shape index (κ1) is 13.2. The smallest absolute Gasteiger partial charge is 0.129 e. The van der Waals surface area contributed by atoms with Crippen LogP contribution >= 0.6 is 0 Å². The highest BCUT2D eigenvalue weighted by molar-refractivity contribution is 5.83. The van der Waals surface area contributed by atoms with Gasteiger partial charge >= 0.3 is 0 Å². The predicted molar refractivity (Wildman–Crippen MR) is 85.0 cm³/mol. The summed E-state index contributed by atoms with van der Waals surface area (Å²) < 4.78 is 0. The molecule has 1 aliphatic rings. The summed E-state index contributed by atoms with van der Waals surface area (Å²) in [5, 5.41) is 1.10. The maximum Gasteiger partial charge on any atom is 0.129 e. The van der Waals surface area contributed by atoms with Crippen molar-refractivity contribution in [2.75, 3.05) is 37.8 Å². The normalized spacial score (nSPS) is 22.9. The number of aromatic nitrogens is 1. The number of hydrogen-bond donors (Lipinski definition) is 1. The van der Waals surface area contributed by atoms with Crippen LogP contribution in [0.25, 0.3) is 10.9 Å². The molecule has 4 heteroatoms. The van der Waals surface area contributed by atoms with E-state index in [0.717, 1.165) is 35.5 Å². The Morgan fingerprint density at radius 1 is 1.20 bits per heavy atom. The minimum absolute atomic E-state index is 0.596. The van der Waals surface area contributed by atoms with E-state index in [1.807, 2.05) is 18.2 Å². The third-order valence-corrected chi connectivity index (χ3v) is 4.26. The van der Waals surface area contributed by atoms with Gasteiger partial charge in [-0.05, 0) is 50.3 Å². The Balaban J connectivity index is 1.90. The van der Waals surface area contributed by atoms with Gasteiger partial charge in [-0.2, -0.15) is 0 Å². The van der Waals surface area contributed by atoms with Gasteiger partial charge in [-0.25, -0.2) is 4.98 Å². The third kappa shape index (κ3) is 2.31. The third-order valence-electron chi connectivity index (χ3n) is 4.26. The summed E-state index contributed by atoms with van der Waals surface area (Å²) in [5.74, 6) is 1.73. The molecule has 0 saturated carbocycles. The number of nitrogens with zero attached hydrogens (tertiary/aromatic N) is 3. The van der Waals surface area contributed by atoms with Gasteiger partial charge in [0.1, 0.15) is 5.82 Å². The molecule has 1 aromatic carbocycles. The molecule has 2 aromatic rings. The molecule has 0 bridgehead atoms. The zero-order chi connectivity index (χ0) is 14.3. The summed E-state index contributed by atoms with van der Waals surface area (Å²) >= 11 is 0. The van der Waals surface area contributed by atoms with E-state index in [2.05, 4.69) is 43.0 Å². The van der Waals surface area contributed by atoms with E-state index in [9.17, 15) is 0 Å². The molecule has 0 amide bonds. The first-order chi connectivity index (χ1) is 9.54. The summed E-state index contributed by atoms with van der Waals surface area (Å²) in [5.41, 5.74) is 7.61. The zero-order valence-corrected chi connectivity index (χ0v) is 12.4. The van der Waals surface area contributed by atoms with Crippen LogP contribution in [0, 0.1) is 5.92 Å². The fourth-order valence-electron chi connectivity index (χ4n) is 3.12. The number of fused-ring (bicyclic) bond motifs is 1. The standard InChI is InChI=1S/C16H22N4/c1-11-9-20(10-15(11)19(2)3)16-7-4-12-8-13(17)5-6-14(12)18-16/h4-8,11,15H,9-10,17H2,1-3H3. The Morgan fingerprint density at radius 2 is 2.00 bits per heavy atom. The van der Waals surface area contributed by atoms with E-state index in [1.165, 1.54) is 0 Å². The highest BCUT2D eigenvalue weighted by Crippen LogP contribution is 2.26. The van der Waals surface area contributed by atoms with Crippen LogP contribution in [0.15, 0.2) is 30.3 Å². The number of nitrogen functional groups attached to an aromatic ring is 1. The largest absolute Gasteiger partial charge is 0.399 e. The van der Waals surface area contributed by atoms with Gasteiger partial charge in [-0.1, -0.05) is 6.92 Å². The van der Waals surface area contributed by atoms with E-state index in [-0.39, 0.29) is 0 Å². The van der Waals surface area contributed by atoms with Gasteiger partial charge < -0.3 is 15.5 Å². The average molecular weight is 270 g/mol. The van der Waals surface area contributed by atoms with Crippen molar-refractivity contribution >= 4 is 22.4 Å². The zero-order valence-electron chi connectivity index (χ0n) is 12.4. The number of nitrogens with two attached hydrogens (primary N) is 1. The van der Waals surface area contributed by atoms with Crippen molar-refractivity contribution in [3.05, 3.63) is 30.3 Å². The second-order valence-corrected chi connectivity index (χ2v) is 6.03. The quantitative estimate of drug-likeness (QED) is 0.850. The van der Waals surface area contributed by atoms with Crippen molar-refractivity contribution in [2.24, 2.45) is 5.92 Å². The lowest BCUT2D eigenvalue weighted by atomic mass is 10.1. The molecule has 0 radical (unpaired) electrons. The van der Waals surface area contributed by atoms with Crippen molar-refractivity contribution in [3.8, 4) is 0 Å². The van der Waals surface area contributed by atoms with Crippen LogP contribution in [0.5, 0.6) is 0 Å². The summed E-state index contributed by atoms with van der Waals surface area (Å²) in [6.07, 6.45) is 0. The topological polar surface area (TPSA) is 45.4 Å². The Kier molecular flexibility index (Phi) is 3.26. The minimum atomic E-state index is 0.596. The molecule has 1 aliphatic heterocycles. The monoisotopic (exact) mass is 270 g/mol. The van der Waals surface area contributed by atoms with Crippen LogP contribution < -0.4 is 10.6 Å². The highest BCUT2D eigenvalue weighted by Gasteiger charge is 2.31. The molecule has 2 N–H and O–H groups in total. The lowest BCUT2D eigenvalue weighted by Crippen LogP contribution is -2.34.